The van der Waals surface area contributed by atoms with Gasteiger partial charge in [0.15, 0.2) is 11.5 Å². The van der Waals surface area contributed by atoms with Crippen LogP contribution in [0.15, 0.2) is 78.4 Å². The van der Waals surface area contributed by atoms with Gasteiger partial charge in [0.1, 0.15) is 12.2 Å². The topological polar surface area (TPSA) is 84.9 Å². The van der Waals surface area contributed by atoms with E-state index in [2.05, 4.69) is 5.32 Å². The summed E-state index contributed by atoms with van der Waals surface area (Å²) in [6, 6.07) is 20.0. The van der Waals surface area contributed by atoms with E-state index in [9.17, 15) is 14.4 Å². The Morgan fingerprint density at radius 2 is 1.67 bits per heavy atom. The molecule has 0 radical (unpaired) electrons. The number of urea groups is 1. The van der Waals surface area contributed by atoms with Crippen LogP contribution in [0.25, 0.3) is 6.08 Å². The minimum Gasteiger partial charge on any atom is -0.493 e. The van der Waals surface area contributed by atoms with E-state index >= 15 is 0 Å². The SMILES string of the molecule is COc1ccc(/C=C2/C(=O)NC(=O)N(c3ccc(Cl)cc3)C2=O)cc1OCc1ccccc1. The van der Waals surface area contributed by atoms with Crippen molar-refractivity contribution < 1.29 is 23.9 Å². The lowest BCUT2D eigenvalue weighted by molar-refractivity contribution is -0.122. The van der Waals surface area contributed by atoms with Gasteiger partial charge in [-0.3, -0.25) is 14.9 Å². The number of amides is 4. The molecule has 0 spiro atoms. The number of barbiturate groups is 1. The van der Waals surface area contributed by atoms with Crippen molar-refractivity contribution in [3.63, 3.8) is 0 Å². The summed E-state index contributed by atoms with van der Waals surface area (Å²) in [4.78, 5) is 38.7. The largest absolute Gasteiger partial charge is 0.493 e. The fourth-order valence-electron chi connectivity index (χ4n) is 3.28. The van der Waals surface area contributed by atoms with E-state index in [4.69, 9.17) is 21.1 Å². The van der Waals surface area contributed by atoms with E-state index in [0.29, 0.717) is 34.4 Å². The third kappa shape index (κ3) is 4.88. The van der Waals surface area contributed by atoms with Crippen LogP contribution in [0.2, 0.25) is 5.02 Å². The Morgan fingerprint density at radius 1 is 0.939 bits per heavy atom. The molecule has 4 amide bonds. The molecule has 7 nitrogen and oxygen atoms in total. The lowest BCUT2D eigenvalue weighted by Gasteiger charge is -2.26. The zero-order valence-corrected chi connectivity index (χ0v) is 18.3. The highest BCUT2D eigenvalue weighted by Crippen LogP contribution is 2.30. The molecule has 0 atom stereocenters. The van der Waals surface area contributed by atoms with Gasteiger partial charge in [-0.25, -0.2) is 9.69 Å². The Bertz CT molecular complexity index is 1240. The average molecular weight is 463 g/mol. The summed E-state index contributed by atoms with van der Waals surface area (Å²) in [5, 5.41) is 2.65. The van der Waals surface area contributed by atoms with Gasteiger partial charge in [0.25, 0.3) is 11.8 Å². The normalized spacial score (nSPS) is 14.9. The van der Waals surface area contributed by atoms with Crippen LogP contribution in [0.5, 0.6) is 11.5 Å². The molecule has 0 bridgehead atoms. The van der Waals surface area contributed by atoms with E-state index < -0.39 is 17.8 Å². The molecule has 1 aliphatic heterocycles. The van der Waals surface area contributed by atoms with Gasteiger partial charge in [0.2, 0.25) is 0 Å². The first-order chi connectivity index (χ1) is 16.0. The number of hydrogen-bond donors (Lipinski definition) is 1. The number of carbonyl (C=O) groups is 3. The Balaban J connectivity index is 1.63. The second kappa shape index (κ2) is 9.58. The minimum atomic E-state index is -0.828. The van der Waals surface area contributed by atoms with Gasteiger partial charge in [-0.15, -0.1) is 0 Å². The maximum absolute atomic E-state index is 13.0. The summed E-state index contributed by atoms with van der Waals surface area (Å²) in [6.07, 6.45) is 1.40. The van der Waals surface area contributed by atoms with Gasteiger partial charge >= 0.3 is 6.03 Å². The van der Waals surface area contributed by atoms with Crippen molar-refractivity contribution in [3.8, 4) is 11.5 Å². The molecular formula is C25H19ClN2O5. The summed E-state index contributed by atoms with van der Waals surface area (Å²) in [5.41, 5.74) is 1.61. The summed E-state index contributed by atoms with van der Waals surface area (Å²) in [6.45, 7) is 0.315. The van der Waals surface area contributed by atoms with Crippen LogP contribution >= 0.6 is 11.6 Å². The lowest BCUT2D eigenvalue weighted by Crippen LogP contribution is -2.54. The van der Waals surface area contributed by atoms with Crippen LogP contribution in [0.1, 0.15) is 11.1 Å². The van der Waals surface area contributed by atoms with Gasteiger partial charge < -0.3 is 9.47 Å². The van der Waals surface area contributed by atoms with E-state index in [0.717, 1.165) is 10.5 Å². The van der Waals surface area contributed by atoms with Crippen LogP contribution in [-0.4, -0.2) is 25.0 Å². The van der Waals surface area contributed by atoms with E-state index in [1.165, 1.54) is 25.3 Å². The highest BCUT2D eigenvalue weighted by molar-refractivity contribution is 6.39. The van der Waals surface area contributed by atoms with E-state index in [1.54, 1.807) is 30.3 Å². The molecule has 1 saturated heterocycles. The van der Waals surface area contributed by atoms with Crippen LogP contribution < -0.4 is 19.7 Å². The second-order valence-electron chi connectivity index (χ2n) is 7.12. The summed E-state index contributed by atoms with van der Waals surface area (Å²) in [5.74, 6) is -0.568. The standard InChI is InChI=1S/C25H19ClN2O5/c1-32-21-12-7-17(14-22(21)33-15-16-5-3-2-4-6-16)13-20-23(29)27-25(31)28(24(20)30)19-10-8-18(26)9-11-19/h2-14H,15H2,1H3,(H,27,29,31)/b20-13-. The molecule has 0 aromatic heterocycles. The summed E-state index contributed by atoms with van der Waals surface area (Å²) >= 11 is 5.90. The number of nitrogens with one attached hydrogen (secondary N) is 1. The summed E-state index contributed by atoms with van der Waals surface area (Å²) < 4.78 is 11.3. The Kier molecular flexibility index (Phi) is 6.42. The molecule has 33 heavy (non-hydrogen) atoms. The third-order valence-corrected chi connectivity index (χ3v) is 5.17. The van der Waals surface area contributed by atoms with Gasteiger partial charge in [-0.1, -0.05) is 48.0 Å². The number of hydrogen-bond acceptors (Lipinski definition) is 5. The van der Waals surface area contributed by atoms with Crippen LogP contribution in [-0.2, 0) is 16.2 Å². The minimum absolute atomic E-state index is 0.191. The molecule has 8 heteroatoms. The van der Waals surface area contributed by atoms with Crippen molar-refractivity contribution in [3.05, 3.63) is 94.5 Å². The molecule has 3 aromatic rings. The fraction of sp³-hybridized carbons (Fsp3) is 0.0800. The monoisotopic (exact) mass is 462 g/mol. The van der Waals surface area contributed by atoms with Crippen LogP contribution in [0.4, 0.5) is 10.5 Å². The van der Waals surface area contributed by atoms with E-state index in [1.807, 2.05) is 30.3 Å². The summed E-state index contributed by atoms with van der Waals surface area (Å²) in [7, 11) is 1.52. The van der Waals surface area contributed by atoms with Crippen molar-refractivity contribution >= 4 is 41.2 Å². The van der Waals surface area contributed by atoms with Crippen molar-refractivity contribution in [1.29, 1.82) is 0 Å². The Hall–Kier alpha value is -4.10. The number of methoxy groups -OCH3 is 1. The number of rotatable bonds is 6. The Morgan fingerprint density at radius 3 is 2.36 bits per heavy atom. The van der Waals surface area contributed by atoms with E-state index in [-0.39, 0.29) is 5.57 Å². The molecule has 1 heterocycles. The highest BCUT2D eigenvalue weighted by atomic mass is 35.5. The Labute approximate surface area is 195 Å². The quantitative estimate of drug-likeness (QED) is 0.427. The number of nitrogens with zero attached hydrogens (tertiary/aromatic N) is 1. The van der Waals surface area contributed by atoms with Crippen molar-refractivity contribution in [2.24, 2.45) is 0 Å². The van der Waals surface area contributed by atoms with Crippen molar-refractivity contribution in [1.82, 2.24) is 5.32 Å². The van der Waals surface area contributed by atoms with Gasteiger partial charge in [0, 0.05) is 5.02 Å². The number of halogens is 1. The molecule has 0 aliphatic carbocycles. The first kappa shape index (κ1) is 22.1. The number of carbonyl (C=O) groups excluding carboxylic acids is 3. The lowest BCUT2D eigenvalue weighted by atomic mass is 10.1. The molecule has 0 unspecified atom stereocenters. The third-order valence-electron chi connectivity index (χ3n) is 4.92. The second-order valence-corrected chi connectivity index (χ2v) is 7.56. The van der Waals surface area contributed by atoms with Crippen molar-refractivity contribution in [2.75, 3.05) is 12.0 Å². The number of ether oxygens (including phenoxy) is 2. The molecule has 1 aliphatic rings. The zero-order chi connectivity index (χ0) is 23.4. The molecule has 1 fully saturated rings. The predicted molar refractivity (Wildman–Crippen MR) is 124 cm³/mol. The molecule has 166 valence electrons. The molecule has 0 saturated carbocycles. The zero-order valence-electron chi connectivity index (χ0n) is 17.6. The fourth-order valence-corrected chi connectivity index (χ4v) is 3.41. The van der Waals surface area contributed by atoms with Crippen LogP contribution in [0, 0.1) is 0 Å². The maximum Gasteiger partial charge on any atom is 0.335 e. The first-order valence-electron chi connectivity index (χ1n) is 9.98. The molecule has 1 N–H and O–H groups in total. The molecule has 4 rings (SSSR count). The molecule has 3 aromatic carbocycles. The van der Waals surface area contributed by atoms with Gasteiger partial charge in [0.05, 0.1) is 12.8 Å². The van der Waals surface area contributed by atoms with Crippen molar-refractivity contribution in [2.45, 2.75) is 6.61 Å². The van der Waals surface area contributed by atoms with Crippen LogP contribution in [0.3, 0.4) is 0 Å². The predicted octanol–water partition coefficient (Wildman–Crippen LogP) is 4.59. The number of benzene rings is 3. The highest BCUT2D eigenvalue weighted by Gasteiger charge is 2.36. The average Bonchev–Trinajstić information content (AvgIpc) is 2.82. The number of anilines is 1. The smallest absolute Gasteiger partial charge is 0.335 e. The molecular weight excluding hydrogens is 444 g/mol. The number of imide groups is 2. The maximum atomic E-state index is 13.0. The first-order valence-corrected chi connectivity index (χ1v) is 10.4. The van der Waals surface area contributed by atoms with Gasteiger partial charge in [-0.2, -0.15) is 0 Å². The van der Waals surface area contributed by atoms with Gasteiger partial charge in [-0.05, 0) is 53.6 Å².